The summed E-state index contributed by atoms with van der Waals surface area (Å²) in [6, 6.07) is 13.0. The molecule has 2 aromatic carbocycles. The Bertz CT molecular complexity index is 949. The van der Waals surface area contributed by atoms with Crippen LogP contribution in [0.1, 0.15) is 28.5 Å². The lowest BCUT2D eigenvalue weighted by Gasteiger charge is -2.10. The van der Waals surface area contributed by atoms with Gasteiger partial charge in [-0.15, -0.1) is 5.10 Å². The Balaban J connectivity index is 1.88. The van der Waals surface area contributed by atoms with Crippen LogP contribution in [0.3, 0.4) is 0 Å². The van der Waals surface area contributed by atoms with E-state index in [-0.39, 0.29) is 11.5 Å². The quantitative estimate of drug-likeness (QED) is 0.736. The van der Waals surface area contributed by atoms with Crippen LogP contribution in [0.5, 0.6) is 5.75 Å². The van der Waals surface area contributed by atoms with Crippen LogP contribution in [-0.4, -0.2) is 27.5 Å². The Morgan fingerprint density at radius 2 is 1.96 bits per heavy atom. The van der Waals surface area contributed by atoms with Crippen LogP contribution in [-0.2, 0) is 0 Å². The van der Waals surface area contributed by atoms with Gasteiger partial charge in [0.2, 0.25) is 0 Å². The molecule has 0 fully saturated rings. The highest BCUT2D eigenvalue weighted by atomic mass is 16.5. The molecule has 7 nitrogen and oxygen atoms in total. The van der Waals surface area contributed by atoms with Gasteiger partial charge in [0.05, 0.1) is 18.0 Å². The zero-order chi connectivity index (χ0) is 18.7. The predicted molar refractivity (Wildman–Crippen MR) is 101 cm³/mol. The van der Waals surface area contributed by atoms with E-state index in [1.807, 2.05) is 51.1 Å². The summed E-state index contributed by atoms with van der Waals surface area (Å²) < 4.78 is 6.97. The van der Waals surface area contributed by atoms with Gasteiger partial charge in [-0.1, -0.05) is 23.4 Å². The Hall–Kier alpha value is -3.35. The number of para-hydroxylation sites is 2. The standard InChI is InChI=1S/C19H21N5O2/c1-4-26-16-8-6-5-7-15(16)21-19(25)17-18(20)24(23-22-17)14-10-9-12(2)13(3)11-14/h5-11H,4,20H2,1-3H3,(H,21,25). The van der Waals surface area contributed by atoms with Crippen LogP contribution in [0.2, 0.25) is 0 Å². The van der Waals surface area contributed by atoms with Crippen LogP contribution >= 0.6 is 0 Å². The number of nitrogens with zero attached hydrogens (tertiary/aromatic N) is 3. The summed E-state index contributed by atoms with van der Waals surface area (Å²) in [4.78, 5) is 12.6. The Morgan fingerprint density at radius 3 is 2.69 bits per heavy atom. The molecule has 134 valence electrons. The number of anilines is 2. The third-order valence-electron chi connectivity index (χ3n) is 4.09. The molecule has 3 rings (SSSR count). The average Bonchev–Trinajstić information content (AvgIpc) is 3.01. The van der Waals surface area contributed by atoms with Gasteiger partial charge in [-0.2, -0.15) is 4.68 Å². The van der Waals surface area contributed by atoms with Crippen LogP contribution in [0, 0.1) is 13.8 Å². The summed E-state index contributed by atoms with van der Waals surface area (Å²) >= 11 is 0. The number of amides is 1. The number of benzene rings is 2. The number of carbonyl (C=O) groups excluding carboxylic acids is 1. The number of hydrogen-bond acceptors (Lipinski definition) is 5. The SMILES string of the molecule is CCOc1ccccc1NC(=O)c1nnn(-c2ccc(C)c(C)c2)c1N. The van der Waals surface area contributed by atoms with Crippen molar-refractivity contribution in [1.29, 1.82) is 0 Å². The van der Waals surface area contributed by atoms with Gasteiger partial charge in [0.25, 0.3) is 5.91 Å². The molecule has 1 aromatic heterocycles. The molecule has 0 unspecified atom stereocenters. The number of nitrogens with one attached hydrogen (secondary N) is 1. The molecule has 3 N–H and O–H groups in total. The van der Waals surface area contributed by atoms with E-state index in [2.05, 4.69) is 15.6 Å². The number of rotatable bonds is 5. The van der Waals surface area contributed by atoms with E-state index in [4.69, 9.17) is 10.5 Å². The fourth-order valence-electron chi connectivity index (χ4n) is 2.53. The van der Waals surface area contributed by atoms with Gasteiger partial charge in [-0.05, 0) is 56.2 Å². The maximum absolute atomic E-state index is 12.6. The van der Waals surface area contributed by atoms with E-state index in [1.165, 1.54) is 4.68 Å². The molecule has 0 saturated carbocycles. The van der Waals surface area contributed by atoms with Crippen molar-refractivity contribution in [3.05, 3.63) is 59.3 Å². The number of aromatic nitrogens is 3. The first kappa shape index (κ1) is 17.5. The number of aryl methyl sites for hydroxylation is 2. The molecule has 0 aliphatic rings. The summed E-state index contributed by atoms with van der Waals surface area (Å²) in [5.74, 6) is 0.327. The van der Waals surface area contributed by atoms with Gasteiger partial charge < -0.3 is 15.8 Å². The van der Waals surface area contributed by atoms with E-state index in [9.17, 15) is 4.79 Å². The van der Waals surface area contributed by atoms with E-state index >= 15 is 0 Å². The summed E-state index contributed by atoms with van der Waals surface area (Å²) in [7, 11) is 0. The van der Waals surface area contributed by atoms with E-state index in [1.54, 1.807) is 12.1 Å². The number of carbonyl (C=O) groups is 1. The van der Waals surface area contributed by atoms with Crippen LogP contribution in [0.25, 0.3) is 5.69 Å². The minimum absolute atomic E-state index is 0.0644. The first-order valence-corrected chi connectivity index (χ1v) is 8.33. The second kappa shape index (κ2) is 7.26. The zero-order valence-electron chi connectivity index (χ0n) is 15.0. The maximum Gasteiger partial charge on any atom is 0.280 e. The molecule has 0 saturated heterocycles. The molecule has 0 aliphatic carbocycles. The maximum atomic E-state index is 12.6. The minimum atomic E-state index is -0.440. The largest absolute Gasteiger partial charge is 0.492 e. The summed E-state index contributed by atoms with van der Waals surface area (Å²) in [5.41, 5.74) is 9.77. The molecule has 3 aromatic rings. The van der Waals surface area contributed by atoms with Crippen LogP contribution in [0.4, 0.5) is 11.5 Å². The van der Waals surface area contributed by atoms with Crippen molar-refractivity contribution in [3.63, 3.8) is 0 Å². The third kappa shape index (κ3) is 3.37. The van der Waals surface area contributed by atoms with E-state index in [0.717, 1.165) is 16.8 Å². The lowest BCUT2D eigenvalue weighted by atomic mass is 10.1. The third-order valence-corrected chi connectivity index (χ3v) is 4.09. The number of hydrogen-bond donors (Lipinski definition) is 2. The van der Waals surface area contributed by atoms with Crippen LogP contribution in [0.15, 0.2) is 42.5 Å². The first-order chi connectivity index (χ1) is 12.5. The lowest BCUT2D eigenvalue weighted by molar-refractivity contribution is 0.102. The van der Waals surface area contributed by atoms with E-state index in [0.29, 0.717) is 18.0 Å². The van der Waals surface area contributed by atoms with Gasteiger partial charge in [0, 0.05) is 0 Å². The molecule has 0 aliphatic heterocycles. The highest BCUT2D eigenvalue weighted by Gasteiger charge is 2.19. The monoisotopic (exact) mass is 351 g/mol. The van der Waals surface area contributed by atoms with Gasteiger partial charge >= 0.3 is 0 Å². The van der Waals surface area contributed by atoms with Gasteiger partial charge in [-0.25, -0.2) is 0 Å². The van der Waals surface area contributed by atoms with E-state index < -0.39 is 5.91 Å². The van der Waals surface area contributed by atoms with Crippen molar-refractivity contribution in [1.82, 2.24) is 15.0 Å². The van der Waals surface area contributed by atoms with Gasteiger partial charge in [0.15, 0.2) is 11.5 Å². The Labute approximate surface area is 151 Å². The minimum Gasteiger partial charge on any atom is -0.492 e. The normalized spacial score (nSPS) is 10.6. The second-order valence-electron chi connectivity index (χ2n) is 5.89. The van der Waals surface area contributed by atoms with Crippen molar-refractivity contribution < 1.29 is 9.53 Å². The molecular formula is C19H21N5O2. The fourth-order valence-corrected chi connectivity index (χ4v) is 2.53. The topological polar surface area (TPSA) is 95.1 Å². The smallest absolute Gasteiger partial charge is 0.280 e. The molecule has 0 spiro atoms. The summed E-state index contributed by atoms with van der Waals surface area (Å²) in [5, 5.41) is 10.8. The van der Waals surface area contributed by atoms with Crippen molar-refractivity contribution in [3.8, 4) is 11.4 Å². The fraction of sp³-hybridized carbons (Fsp3) is 0.211. The highest BCUT2D eigenvalue weighted by Crippen LogP contribution is 2.25. The Kier molecular flexibility index (Phi) is 4.88. The van der Waals surface area contributed by atoms with Gasteiger partial charge in [-0.3, -0.25) is 4.79 Å². The summed E-state index contributed by atoms with van der Waals surface area (Å²) in [6.07, 6.45) is 0. The average molecular weight is 351 g/mol. The lowest BCUT2D eigenvalue weighted by Crippen LogP contribution is -2.15. The number of ether oxygens (including phenoxy) is 1. The predicted octanol–water partition coefficient (Wildman–Crippen LogP) is 3.12. The first-order valence-electron chi connectivity index (χ1n) is 8.33. The molecule has 1 heterocycles. The molecule has 1 amide bonds. The van der Waals surface area contributed by atoms with Crippen molar-refractivity contribution in [2.45, 2.75) is 20.8 Å². The highest BCUT2D eigenvalue weighted by molar-refractivity contribution is 6.06. The molecule has 0 bridgehead atoms. The van der Waals surface area contributed by atoms with Crippen molar-refractivity contribution in [2.75, 3.05) is 17.7 Å². The molecular weight excluding hydrogens is 330 g/mol. The molecule has 0 radical (unpaired) electrons. The molecule has 26 heavy (non-hydrogen) atoms. The molecule has 0 atom stereocenters. The van der Waals surface area contributed by atoms with Crippen molar-refractivity contribution in [2.24, 2.45) is 0 Å². The van der Waals surface area contributed by atoms with Gasteiger partial charge in [0.1, 0.15) is 5.75 Å². The number of nitrogen functional groups attached to an aromatic ring is 1. The van der Waals surface area contributed by atoms with Crippen LogP contribution < -0.4 is 15.8 Å². The number of nitrogens with two attached hydrogens (primary N) is 1. The zero-order valence-corrected chi connectivity index (χ0v) is 15.0. The summed E-state index contributed by atoms with van der Waals surface area (Å²) in [6.45, 7) is 6.41. The second-order valence-corrected chi connectivity index (χ2v) is 5.89. The van der Waals surface area contributed by atoms with Crippen molar-refractivity contribution >= 4 is 17.4 Å². The Morgan fingerprint density at radius 1 is 1.19 bits per heavy atom. The molecule has 7 heteroatoms.